The molecule has 1 aromatic rings. The van der Waals surface area contributed by atoms with E-state index in [2.05, 4.69) is 35.2 Å². The molecular formula is C27H36N2O3. The highest BCUT2D eigenvalue weighted by Crippen LogP contribution is 2.66. The maximum atomic E-state index is 14.0. The standard InChI is InChI=1S/C27H36N2O3/c30-24(28-10-12-32-13-11-28)22-6-8-29(9-7-22)25(31)27-17-20-14-21(18-27)16-26(15-20,19-27)23-4-2-1-3-5-23/h1-5,20-22H,6-19H2/t20-,21+,26?,27?. The van der Waals surface area contributed by atoms with Gasteiger partial charge in [-0.1, -0.05) is 30.3 Å². The van der Waals surface area contributed by atoms with Crippen molar-refractivity contribution < 1.29 is 14.3 Å². The van der Waals surface area contributed by atoms with Crippen molar-refractivity contribution in [1.82, 2.24) is 9.80 Å². The number of piperidine rings is 1. The van der Waals surface area contributed by atoms with Crippen molar-refractivity contribution in [2.24, 2.45) is 23.2 Å². The molecule has 2 unspecified atom stereocenters. The van der Waals surface area contributed by atoms with E-state index < -0.39 is 0 Å². The number of nitrogens with zero attached hydrogens (tertiary/aromatic N) is 2. The van der Waals surface area contributed by atoms with Crippen molar-refractivity contribution in [2.45, 2.75) is 56.8 Å². The van der Waals surface area contributed by atoms with Crippen LogP contribution in [-0.2, 0) is 19.7 Å². The van der Waals surface area contributed by atoms with Crippen LogP contribution in [0.1, 0.15) is 56.9 Å². The molecule has 0 aromatic heterocycles. The predicted molar refractivity (Wildman–Crippen MR) is 122 cm³/mol. The maximum absolute atomic E-state index is 14.0. The van der Waals surface area contributed by atoms with Gasteiger partial charge in [-0.3, -0.25) is 9.59 Å². The lowest BCUT2D eigenvalue weighted by Gasteiger charge is -2.62. The van der Waals surface area contributed by atoms with Gasteiger partial charge < -0.3 is 14.5 Å². The number of amides is 2. The molecule has 32 heavy (non-hydrogen) atoms. The van der Waals surface area contributed by atoms with Gasteiger partial charge in [0.15, 0.2) is 0 Å². The highest BCUT2D eigenvalue weighted by Gasteiger charge is 2.61. The van der Waals surface area contributed by atoms with Gasteiger partial charge >= 0.3 is 0 Å². The summed E-state index contributed by atoms with van der Waals surface area (Å²) in [5.41, 5.74) is 1.49. The van der Waals surface area contributed by atoms with Gasteiger partial charge in [-0.25, -0.2) is 0 Å². The Balaban J connectivity index is 1.16. The fraction of sp³-hybridized carbons (Fsp3) is 0.704. The van der Waals surface area contributed by atoms with Crippen LogP contribution in [0.25, 0.3) is 0 Å². The van der Waals surface area contributed by atoms with Crippen molar-refractivity contribution in [3.05, 3.63) is 35.9 Å². The Morgan fingerprint density at radius 3 is 2.16 bits per heavy atom. The van der Waals surface area contributed by atoms with Crippen molar-refractivity contribution >= 4 is 11.8 Å². The first-order valence-electron chi connectivity index (χ1n) is 12.8. The molecule has 4 atom stereocenters. The molecule has 0 radical (unpaired) electrons. The molecule has 4 aliphatic carbocycles. The second-order valence-corrected chi connectivity index (χ2v) is 11.4. The average molecular weight is 437 g/mol. The molecule has 172 valence electrons. The Labute approximate surface area is 191 Å². The lowest BCUT2D eigenvalue weighted by Crippen LogP contribution is -2.60. The van der Waals surface area contributed by atoms with Gasteiger partial charge in [0.25, 0.3) is 0 Å². The number of ether oxygens (including phenoxy) is 1. The quantitative estimate of drug-likeness (QED) is 0.727. The van der Waals surface area contributed by atoms with Crippen LogP contribution in [0.3, 0.4) is 0 Å². The molecule has 2 saturated heterocycles. The zero-order valence-corrected chi connectivity index (χ0v) is 19.1. The monoisotopic (exact) mass is 436 g/mol. The first-order valence-corrected chi connectivity index (χ1v) is 12.8. The van der Waals surface area contributed by atoms with E-state index in [1.165, 1.54) is 24.8 Å². The van der Waals surface area contributed by atoms with E-state index >= 15 is 0 Å². The summed E-state index contributed by atoms with van der Waals surface area (Å²) < 4.78 is 5.40. The van der Waals surface area contributed by atoms with E-state index in [4.69, 9.17) is 4.74 Å². The number of benzene rings is 1. The number of hydrogen-bond acceptors (Lipinski definition) is 3. The molecule has 2 aliphatic heterocycles. The Hall–Kier alpha value is -1.88. The Kier molecular flexibility index (Phi) is 5.09. The highest BCUT2D eigenvalue weighted by molar-refractivity contribution is 5.84. The summed E-state index contributed by atoms with van der Waals surface area (Å²) in [6, 6.07) is 11.0. The molecule has 4 bridgehead atoms. The summed E-state index contributed by atoms with van der Waals surface area (Å²) in [5, 5.41) is 0. The largest absolute Gasteiger partial charge is 0.378 e. The molecule has 0 spiro atoms. The summed E-state index contributed by atoms with van der Waals surface area (Å²) in [6.45, 7) is 4.22. The lowest BCUT2D eigenvalue weighted by molar-refractivity contribution is -0.163. The number of likely N-dealkylation sites (tertiary alicyclic amines) is 1. The van der Waals surface area contributed by atoms with Crippen LogP contribution in [0.5, 0.6) is 0 Å². The third-order valence-electron chi connectivity index (χ3n) is 9.36. The highest BCUT2D eigenvalue weighted by atomic mass is 16.5. The van der Waals surface area contributed by atoms with E-state index in [9.17, 15) is 9.59 Å². The molecule has 7 rings (SSSR count). The van der Waals surface area contributed by atoms with Crippen LogP contribution in [0.15, 0.2) is 30.3 Å². The minimum Gasteiger partial charge on any atom is -0.378 e. The Bertz CT molecular complexity index is 856. The second-order valence-electron chi connectivity index (χ2n) is 11.4. The molecular weight excluding hydrogens is 400 g/mol. The average Bonchev–Trinajstić information content (AvgIpc) is 2.83. The van der Waals surface area contributed by atoms with Gasteiger partial charge in [-0.2, -0.15) is 0 Å². The number of morpholine rings is 1. The molecule has 2 amide bonds. The molecule has 5 nitrogen and oxygen atoms in total. The van der Waals surface area contributed by atoms with Crippen LogP contribution in [0, 0.1) is 23.2 Å². The van der Waals surface area contributed by atoms with Crippen LogP contribution in [0.4, 0.5) is 0 Å². The van der Waals surface area contributed by atoms with Gasteiger partial charge in [-0.05, 0) is 74.2 Å². The summed E-state index contributed by atoms with van der Waals surface area (Å²) in [6.07, 6.45) is 8.68. The lowest BCUT2D eigenvalue weighted by atomic mass is 9.42. The van der Waals surface area contributed by atoms with Gasteiger partial charge in [-0.15, -0.1) is 0 Å². The first-order chi connectivity index (χ1) is 15.6. The maximum Gasteiger partial charge on any atom is 0.228 e. The predicted octanol–water partition coefficient (Wildman–Crippen LogP) is 3.62. The van der Waals surface area contributed by atoms with Crippen molar-refractivity contribution in [2.75, 3.05) is 39.4 Å². The van der Waals surface area contributed by atoms with Gasteiger partial charge in [0, 0.05) is 32.1 Å². The zero-order chi connectivity index (χ0) is 21.8. The second kappa shape index (κ2) is 7.86. The van der Waals surface area contributed by atoms with E-state index in [1.54, 1.807) is 0 Å². The van der Waals surface area contributed by atoms with E-state index in [1.807, 2.05) is 4.90 Å². The Morgan fingerprint density at radius 1 is 0.844 bits per heavy atom. The molecule has 5 heteroatoms. The minimum atomic E-state index is -0.166. The molecule has 6 aliphatic rings. The van der Waals surface area contributed by atoms with E-state index in [0.717, 1.165) is 45.2 Å². The van der Waals surface area contributed by atoms with Crippen molar-refractivity contribution in [1.29, 1.82) is 0 Å². The Morgan fingerprint density at radius 2 is 1.50 bits per heavy atom. The van der Waals surface area contributed by atoms with Crippen LogP contribution in [0.2, 0.25) is 0 Å². The fourth-order valence-corrected chi connectivity index (χ4v) is 8.35. The molecule has 4 saturated carbocycles. The number of rotatable bonds is 3. The third kappa shape index (κ3) is 3.39. The topological polar surface area (TPSA) is 49.9 Å². The van der Waals surface area contributed by atoms with Crippen LogP contribution < -0.4 is 0 Å². The summed E-state index contributed by atoms with van der Waals surface area (Å²) in [4.78, 5) is 31.0. The van der Waals surface area contributed by atoms with Gasteiger partial charge in [0.05, 0.1) is 18.6 Å². The molecule has 6 fully saturated rings. The minimum absolute atomic E-state index is 0.0733. The number of hydrogen-bond donors (Lipinski definition) is 0. The normalized spacial score (nSPS) is 37.0. The SMILES string of the molecule is O=C(C1CCN(C(=O)C23C[C@H]4C[C@@H](C2)CC(c2ccccc2)(C4)C3)CC1)N1CCOCC1. The van der Waals surface area contributed by atoms with Gasteiger partial charge in [0.2, 0.25) is 11.8 Å². The zero-order valence-electron chi connectivity index (χ0n) is 19.1. The third-order valence-corrected chi connectivity index (χ3v) is 9.36. The van der Waals surface area contributed by atoms with E-state index in [0.29, 0.717) is 44.0 Å². The summed E-state index contributed by atoms with van der Waals surface area (Å²) in [5.74, 6) is 2.15. The first kappa shape index (κ1) is 20.7. The van der Waals surface area contributed by atoms with Gasteiger partial charge in [0.1, 0.15) is 0 Å². The molecule has 2 heterocycles. The smallest absolute Gasteiger partial charge is 0.228 e. The number of carbonyl (C=O) groups is 2. The summed E-state index contributed by atoms with van der Waals surface area (Å²) in [7, 11) is 0. The van der Waals surface area contributed by atoms with Crippen molar-refractivity contribution in [3.8, 4) is 0 Å². The van der Waals surface area contributed by atoms with Crippen LogP contribution >= 0.6 is 0 Å². The molecule has 0 N–H and O–H groups in total. The van der Waals surface area contributed by atoms with E-state index in [-0.39, 0.29) is 22.7 Å². The fourth-order valence-electron chi connectivity index (χ4n) is 8.35. The van der Waals surface area contributed by atoms with Crippen LogP contribution in [-0.4, -0.2) is 61.0 Å². The summed E-state index contributed by atoms with van der Waals surface area (Å²) >= 11 is 0. The van der Waals surface area contributed by atoms with Crippen molar-refractivity contribution in [3.63, 3.8) is 0 Å². The molecule has 1 aromatic carbocycles. The number of carbonyl (C=O) groups excluding carboxylic acids is 2.